The summed E-state index contributed by atoms with van der Waals surface area (Å²) in [5.74, 6) is -0.923. The predicted octanol–water partition coefficient (Wildman–Crippen LogP) is 4.11. The van der Waals surface area contributed by atoms with Gasteiger partial charge < -0.3 is 0 Å². The van der Waals surface area contributed by atoms with E-state index in [-0.39, 0.29) is 0 Å². The van der Waals surface area contributed by atoms with Gasteiger partial charge in [0.15, 0.2) is 9.99 Å². The fraction of sp³-hybridized carbons (Fsp3) is 0.250. The van der Waals surface area contributed by atoms with Gasteiger partial charge >= 0.3 is 6.18 Å². The Morgan fingerprint density at radius 3 is 2.88 bits per heavy atom. The molecule has 8 heteroatoms. The number of aromatic nitrogens is 2. The number of rotatable bonds is 2. The average molecular weight is 329 g/mol. The van der Waals surface area contributed by atoms with Crippen molar-refractivity contribution in [1.29, 1.82) is 0 Å². The third kappa shape index (κ3) is 3.08. The molecule has 0 saturated carbocycles. The minimum atomic E-state index is -4.17. The Bertz CT molecular complexity index is 511. The van der Waals surface area contributed by atoms with Gasteiger partial charge in [0.1, 0.15) is 0 Å². The number of alkyl halides is 3. The smallest absolute Gasteiger partial charge is 0.235 e. The SMILES string of the molecule is FC(F)(F)CSc1nc2ncc(Br)cc2s1. The number of fused-ring (bicyclic) bond motifs is 1. The van der Waals surface area contributed by atoms with E-state index in [0.717, 1.165) is 9.17 Å². The van der Waals surface area contributed by atoms with E-state index in [1.165, 1.54) is 11.3 Å². The summed E-state index contributed by atoms with van der Waals surface area (Å²) in [7, 11) is 0. The van der Waals surface area contributed by atoms with Crippen molar-refractivity contribution >= 4 is 49.4 Å². The van der Waals surface area contributed by atoms with E-state index >= 15 is 0 Å². The molecule has 0 fully saturated rings. The quantitative estimate of drug-likeness (QED) is 0.776. The van der Waals surface area contributed by atoms with Crippen LogP contribution in [-0.2, 0) is 0 Å². The van der Waals surface area contributed by atoms with Gasteiger partial charge in [0.25, 0.3) is 0 Å². The maximum Gasteiger partial charge on any atom is 0.398 e. The first kappa shape index (κ1) is 12.1. The summed E-state index contributed by atoms with van der Waals surface area (Å²) in [6.45, 7) is 0. The van der Waals surface area contributed by atoms with Crippen LogP contribution in [0.1, 0.15) is 0 Å². The highest BCUT2D eigenvalue weighted by molar-refractivity contribution is 9.10. The van der Waals surface area contributed by atoms with Gasteiger partial charge in [0.05, 0.1) is 10.5 Å². The first-order valence-electron chi connectivity index (χ1n) is 4.06. The third-order valence-electron chi connectivity index (χ3n) is 1.55. The number of thioether (sulfide) groups is 1. The van der Waals surface area contributed by atoms with Gasteiger partial charge in [0.2, 0.25) is 0 Å². The molecule has 0 spiro atoms. The highest BCUT2D eigenvalue weighted by Crippen LogP contribution is 2.33. The highest BCUT2D eigenvalue weighted by atomic mass is 79.9. The number of halogens is 4. The van der Waals surface area contributed by atoms with Gasteiger partial charge in [0, 0.05) is 10.7 Å². The monoisotopic (exact) mass is 328 g/mol. The Labute approximate surface area is 105 Å². The molecule has 86 valence electrons. The lowest BCUT2D eigenvalue weighted by molar-refractivity contribution is -0.105. The standard InChI is InChI=1S/C8H4BrF3N2S2/c9-4-1-5-6(13-2-4)14-7(16-5)15-3-8(10,11)12/h1-2H,3H2. The van der Waals surface area contributed by atoms with Gasteiger partial charge in [-0.1, -0.05) is 11.8 Å². The molecule has 0 bridgehead atoms. The molecule has 0 saturated heterocycles. The lowest BCUT2D eigenvalue weighted by Gasteiger charge is -2.02. The molecule has 0 aliphatic rings. The Kier molecular flexibility index (Phi) is 3.41. The maximum absolute atomic E-state index is 12.0. The molecule has 0 amide bonds. The van der Waals surface area contributed by atoms with Crippen LogP contribution in [0.2, 0.25) is 0 Å². The van der Waals surface area contributed by atoms with Crippen LogP contribution in [0.3, 0.4) is 0 Å². The predicted molar refractivity (Wildman–Crippen MR) is 61.9 cm³/mol. The van der Waals surface area contributed by atoms with Crippen LogP contribution in [0.25, 0.3) is 10.3 Å². The van der Waals surface area contributed by atoms with E-state index in [2.05, 4.69) is 25.9 Å². The molecule has 0 aliphatic carbocycles. The van der Waals surface area contributed by atoms with Gasteiger partial charge in [-0.2, -0.15) is 13.2 Å². The van der Waals surface area contributed by atoms with Crippen LogP contribution in [-0.4, -0.2) is 21.9 Å². The second-order valence-corrected chi connectivity index (χ2v) is 6.03. The van der Waals surface area contributed by atoms with Crippen molar-refractivity contribution in [2.24, 2.45) is 0 Å². The molecule has 2 aromatic heterocycles. The fourth-order valence-corrected chi connectivity index (χ4v) is 3.28. The molecule has 2 rings (SSSR count). The molecular weight excluding hydrogens is 325 g/mol. The van der Waals surface area contributed by atoms with Gasteiger partial charge in [-0.3, -0.25) is 0 Å². The normalized spacial score (nSPS) is 12.2. The molecule has 2 nitrogen and oxygen atoms in total. The van der Waals surface area contributed by atoms with Crippen LogP contribution in [0, 0.1) is 0 Å². The number of hydrogen-bond acceptors (Lipinski definition) is 4. The molecule has 2 aromatic rings. The molecule has 2 heterocycles. The Balaban J connectivity index is 2.20. The van der Waals surface area contributed by atoms with E-state index in [1.807, 2.05) is 0 Å². The maximum atomic E-state index is 12.0. The van der Waals surface area contributed by atoms with Crippen molar-refractivity contribution < 1.29 is 13.2 Å². The Morgan fingerprint density at radius 1 is 1.44 bits per heavy atom. The molecule has 0 N–H and O–H groups in total. The topological polar surface area (TPSA) is 25.8 Å². The fourth-order valence-electron chi connectivity index (χ4n) is 0.981. The number of hydrogen-bond donors (Lipinski definition) is 0. The summed E-state index contributed by atoms with van der Waals surface area (Å²) in [5.41, 5.74) is 0.484. The molecule has 16 heavy (non-hydrogen) atoms. The Hall–Kier alpha value is -0.340. The lowest BCUT2D eigenvalue weighted by Crippen LogP contribution is -2.10. The van der Waals surface area contributed by atoms with Crippen LogP contribution < -0.4 is 0 Å². The summed E-state index contributed by atoms with van der Waals surface area (Å²) in [6.07, 6.45) is -2.60. The molecule has 0 atom stereocenters. The van der Waals surface area contributed by atoms with Gasteiger partial charge in [-0.05, 0) is 22.0 Å². The van der Waals surface area contributed by atoms with E-state index in [9.17, 15) is 13.2 Å². The first-order valence-corrected chi connectivity index (χ1v) is 6.65. The number of pyridine rings is 1. The van der Waals surface area contributed by atoms with Crippen molar-refractivity contribution in [2.45, 2.75) is 10.5 Å². The lowest BCUT2D eigenvalue weighted by atomic mass is 10.5. The second kappa shape index (κ2) is 4.50. The molecular formula is C8H4BrF3N2S2. The largest absolute Gasteiger partial charge is 0.398 e. The zero-order valence-corrected chi connectivity index (χ0v) is 10.8. The van der Waals surface area contributed by atoms with Crippen LogP contribution >= 0.6 is 39.0 Å². The van der Waals surface area contributed by atoms with Crippen molar-refractivity contribution in [2.75, 3.05) is 5.75 Å². The van der Waals surface area contributed by atoms with Gasteiger partial charge in [-0.25, -0.2) is 9.97 Å². The van der Waals surface area contributed by atoms with E-state index < -0.39 is 11.9 Å². The molecule has 0 unspecified atom stereocenters. The summed E-state index contributed by atoms with van der Waals surface area (Å²) in [6, 6.07) is 1.79. The highest BCUT2D eigenvalue weighted by Gasteiger charge is 2.28. The van der Waals surface area contributed by atoms with Crippen LogP contribution in [0.4, 0.5) is 13.2 Å². The van der Waals surface area contributed by atoms with E-state index in [4.69, 9.17) is 0 Å². The second-order valence-electron chi connectivity index (χ2n) is 2.86. The van der Waals surface area contributed by atoms with Gasteiger partial charge in [-0.15, -0.1) is 11.3 Å². The molecule has 0 aromatic carbocycles. The Morgan fingerprint density at radius 2 is 2.19 bits per heavy atom. The summed E-state index contributed by atoms with van der Waals surface area (Å²) < 4.78 is 37.9. The third-order valence-corrected chi connectivity index (χ3v) is 4.19. The van der Waals surface area contributed by atoms with E-state index in [1.54, 1.807) is 12.3 Å². The summed E-state index contributed by atoms with van der Waals surface area (Å²) in [5, 5.41) is 0. The number of nitrogens with zero attached hydrogens (tertiary/aromatic N) is 2. The van der Waals surface area contributed by atoms with E-state index in [0.29, 0.717) is 21.7 Å². The van der Waals surface area contributed by atoms with Crippen LogP contribution in [0.5, 0.6) is 0 Å². The average Bonchev–Trinajstić information content (AvgIpc) is 2.55. The molecule has 0 aliphatic heterocycles. The molecule has 0 radical (unpaired) electrons. The summed E-state index contributed by atoms with van der Waals surface area (Å²) >= 11 is 5.14. The van der Waals surface area contributed by atoms with Crippen molar-refractivity contribution in [3.05, 3.63) is 16.7 Å². The zero-order valence-electron chi connectivity index (χ0n) is 7.58. The van der Waals surface area contributed by atoms with Crippen molar-refractivity contribution in [3.63, 3.8) is 0 Å². The van der Waals surface area contributed by atoms with Crippen molar-refractivity contribution in [3.8, 4) is 0 Å². The first-order chi connectivity index (χ1) is 7.44. The summed E-state index contributed by atoms with van der Waals surface area (Å²) in [4.78, 5) is 8.01. The minimum Gasteiger partial charge on any atom is -0.235 e. The zero-order chi connectivity index (χ0) is 11.8. The van der Waals surface area contributed by atoms with Crippen molar-refractivity contribution in [1.82, 2.24) is 9.97 Å². The minimum absolute atomic E-state index is 0.387. The van der Waals surface area contributed by atoms with Crippen LogP contribution in [0.15, 0.2) is 21.1 Å². The number of thiazole rings is 1.